The van der Waals surface area contributed by atoms with Crippen molar-refractivity contribution in [3.05, 3.63) is 28.5 Å². The van der Waals surface area contributed by atoms with E-state index >= 15 is 0 Å². The number of rotatable bonds is 3. The van der Waals surface area contributed by atoms with Crippen molar-refractivity contribution >= 4 is 21.7 Å². The Morgan fingerprint density at radius 1 is 1.58 bits per heavy atom. The minimum atomic E-state index is -0.0150. The van der Waals surface area contributed by atoms with E-state index in [0.29, 0.717) is 23.3 Å². The fourth-order valence-electron chi connectivity index (χ4n) is 0.823. The highest BCUT2D eigenvalue weighted by molar-refractivity contribution is 9.10. The molecule has 0 saturated heterocycles. The maximum absolute atomic E-state index is 11.2. The number of halogens is 1. The Labute approximate surface area is 79.1 Å². The molecule has 1 rings (SSSR count). The number of aromatic nitrogens is 1. The Morgan fingerprint density at radius 2 is 2.33 bits per heavy atom. The maximum atomic E-state index is 11.2. The molecule has 12 heavy (non-hydrogen) atoms. The van der Waals surface area contributed by atoms with Gasteiger partial charge in [-0.05, 0) is 34.6 Å². The zero-order valence-electron chi connectivity index (χ0n) is 6.46. The van der Waals surface area contributed by atoms with E-state index in [1.54, 1.807) is 18.2 Å². The fourth-order valence-corrected chi connectivity index (χ4v) is 1.17. The number of carbonyl (C=O) groups excluding carboxylic acids is 1. The van der Waals surface area contributed by atoms with Gasteiger partial charge < -0.3 is 5.73 Å². The number of hydrogen-bond acceptors (Lipinski definition) is 3. The van der Waals surface area contributed by atoms with Crippen molar-refractivity contribution < 1.29 is 4.79 Å². The van der Waals surface area contributed by atoms with Crippen LogP contribution in [0.2, 0.25) is 0 Å². The normalized spacial score (nSPS) is 9.83. The second kappa shape index (κ2) is 4.33. The molecule has 0 atom stereocenters. The summed E-state index contributed by atoms with van der Waals surface area (Å²) < 4.78 is 0.672. The summed E-state index contributed by atoms with van der Waals surface area (Å²) in [5, 5.41) is 0. The van der Waals surface area contributed by atoms with Crippen molar-refractivity contribution in [2.75, 3.05) is 6.54 Å². The zero-order chi connectivity index (χ0) is 8.97. The topological polar surface area (TPSA) is 56.0 Å². The van der Waals surface area contributed by atoms with Crippen LogP contribution >= 0.6 is 15.9 Å². The lowest BCUT2D eigenvalue weighted by Crippen LogP contribution is -2.09. The summed E-state index contributed by atoms with van der Waals surface area (Å²) in [4.78, 5) is 15.2. The lowest BCUT2D eigenvalue weighted by molar-refractivity contribution is 0.0980. The third-order valence-electron chi connectivity index (χ3n) is 1.37. The smallest absolute Gasteiger partial charge is 0.182 e. The molecule has 1 aromatic heterocycles. The van der Waals surface area contributed by atoms with Gasteiger partial charge in [-0.15, -0.1) is 0 Å². The predicted molar refractivity (Wildman–Crippen MR) is 49.9 cm³/mol. The third-order valence-corrected chi connectivity index (χ3v) is 1.81. The number of carbonyl (C=O) groups is 1. The molecular formula is C8H9BrN2O. The summed E-state index contributed by atoms with van der Waals surface area (Å²) in [5.74, 6) is -0.0150. The average molecular weight is 229 g/mol. The van der Waals surface area contributed by atoms with Gasteiger partial charge in [0.1, 0.15) is 10.3 Å². The summed E-state index contributed by atoms with van der Waals surface area (Å²) in [6.07, 6.45) is 0.351. The van der Waals surface area contributed by atoms with Crippen LogP contribution in [0.25, 0.3) is 0 Å². The first-order valence-electron chi connectivity index (χ1n) is 3.60. The van der Waals surface area contributed by atoms with Crippen LogP contribution < -0.4 is 5.73 Å². The van der Waals surface area contributed by atoms with Crippen molar-refractivity contribution in [2.24, 2.45) is 5.73 Å². The van der Waals surface area contributed by atoms with Gasteiger partial charge in [-0.25, -0.2) is 4.98 Å². The molecule has 4 heteroatoms. The first kappa shape index (κ1) is 9.35. The highest BCUT2D eigenvalue weighted by Gasteiger charge is 2.05. The van der Waals surface area contributed by atoms with Crippen LogP contribution in [0.5, 0.6) is 0 Å². The lowest BCUT2D eigenvalue weighted by Gasteiger charge is -1.97. The van der Waals surface area contributed by atoms with Crippen LogP contribution in [0.3, 0.4) is 0 Å². The van der Waals surface area contributed by atoms with Crippen molar-refractivity contribution in [3.8, 4) is 0 Å². The van der Waals surface area contributed by atoms with E-state index in [9.17, 15) is 4.79 Å². The van der Waals surface area contributed by atoms with Gasteiger partial charge in [0.25, 0.3) is 0 Å². The molecule has 2 N–H and O–H groups in total. The van der Waals surface area contributed by atoms with E-state index in [1.807, 2.05) is 0 Å². The number of hydrogen-bond donors (Lipinski definition) is 1. The molecule has 1 heterocycles. The van der Waals surface area contributed by atoms with E-state index in [2.05, 4.69) is 20.9 Å². The predicted octanol–water partition coefficient (Wildman–Crippen LogP) is 1.38. The van der Waals surface area contributed by atoms with E-state index < -0.39 is 0 Å². The van der Waals surface area contributed by atoms with Crippen molar-refractivity contribution in [1.82, 2.24) is 4.98 Å². The van der Waals surface area contributed by atoms with Crippen LogP contribution in [-0.4, -0.2) is 17.3 Å². The molecule has 0 saturated carbocycles. The summed E-state index contributed by atoms with van der Waals surface area (Å²) in [7, 11) is 0. The second-order valence-electron chi connectivity index (χ2n) is 2.31. The Morgan fingerprint density at radius 3 is 2.92 bits per heavy atom. The molecule has 1 aromatic rings. The third kappa shape index (κ3) is 2.39. The average Bonchev–Trinajstić information content (AvgIpc) is 2.05. The number of ketones is 1. The quantitative estimate of drug-likeness (QED) is 0.629. The van der Waals surface area contributed by atoms with Gasteiger partial charge in [0.05, 0.1) is 0 Å². The van der Waals surface area contributed by atoms with Crippen LogP contribution in [0.1, 0.15) is 16.9 Å². The monoisotopic (exact) mass is 228 g/mol. The van der Waals surface area contributed by atoms with Crippen LogP contribution in [0.15, 0.2) is 22.8 Å². The number of pyridine rings is 1. The summed E-state index contributed by atoms with van der Waals surface area (Å²) in [6, 6.07) is 5.24. The van der Waals surface area contributed by atoms with Gasteiger partial charge in [0.2, 0.25) is 0 Å². The van der Waals surface area contributed by atoms with Gasteiger partial charge in [-0.1, -0.05) is 6.07 Å². The van der Waals surface area contributed by atoms with Gasteiger partial charge in [-0.2, -0.15) is 0 Å². The Bertz CT molecular complexity index is 288. The molecule has 0 bridgehead atoms. The fraction of sp³-hybridized carbons (Fsp3) is 0.250. The number of nitrogens with two attached hydrogens (primary N) is 1. The van der Waals surface area contributed by atoms with E-state index in [4.69, 9.17) is 5.73 Å². The SMILES string of the molecule is NCCC(=O)c1cccc(Br)n1. The van der Waals surface area contributed by atoms with Crippen molar-refractivity contribution in [1.29, 1.82) is 0 Å². The van der Waals surface area contributed by atoms with Gasteiger partial charge in [-0.3, -0.25) is 4.79 Å². The Balaban J connectivity index is 2.81. The molecule has 3 nitrogen and oxygen atoms in total. The standard InChI is InChI=1S/C8H9BrN2O/c9-8-3-1-2-6(11-8)7(12)4-5-10/h1-3H,4-5,10H2. The molecule has 0 aliphatic rings. The van der Waals surface area contributed by atoms with Crippen LogP contribution in [-0.2, 0) is 0 Å². The molecule has 0 aliphatic carbocycles. The van der Waals surface area contributed by atoms with Crippen molar-refractivity contribution in [2.45, 2.75) is 6.42 Å². The van der Waals surface area contributed by atoms with E-state index in [1.165, 1.54) is 0 Å². The maximum Gasteiger partial charge on any atom is 0.182 e. The lowest BCUT2D eigenvalue weighted by atomic mass is 10.2. The first-order chi connectivity index (χ1) is 5.74. The van der Waals surface area contributed by atoms with Gasteiger partial charge >= 0.3 is 0 Å². The zero-order valence-corrected chi connectivity index (χ0v) is 8.04. The summed E-state index contributed by atoms with van der Waals surface area (Å²) >= 11 is 3.19. The van der Waals surface area contributed by atoms with Gasteiger partial charge in [0.15, 0.2) is 5.78 Å². The minimum absolute atomic E-state index is 0.0150. The molecule has 0 fully saturated rings. The van der Waals surface area contributed by atoms with E-state index in [0.717, 1.165) is 0 Å². The Kier molecular flexibility index (Phi) is 3.37. The number of Topliss-reactive ketones (excluding diaryl/α,β-unsaturated/α-hetero) is 1. The largest absolute Gasteiger partial charge is 0.330 e. The molecule has 0 amide bonds. The molecule has 0 spiro atoms. The van der Waals surface area contributed by atoms with Gasteiger partial charge in [0, 0.05) is 6.42 Å². The first-order valence-corrected chi connectivity index (χ1v) is 4.39. The summed E-state index contributed by atoms with van der Waals surface area (Å²) in [5.41, 5.74) is 5.71. The highest BCUT2D eigenvalue weighted by Crippen LogP contribution is 2.07. The minimum Gasteiger partial charge on any atom is -0.330 e. The molecule has 64 valence electrons. The molecular weight excluding hydrogens is 220 g/mol. The van der Waals surface area contributed by atoms with E-state index in [-0.39, 0.29) is 5.78 Å². The molecule has 0 aromatic carbocycles. The second-order valence-corrected chi connectivity index (χ2v) is 3.12. The highest BCUT2D eigenvalue weighted by atomic mass is 79.9. The molecule has 0 radical (unpaired) electrons. The van der Waals surface area contributed by atoms with Crippen LogP contribution in [0.4, 0.5) is 0 Å². The van der Waals surface area contributed by atoms with Crippen molar-refractivity contribution in [3.63, 3.8) is 0 Å². The molecule has 0 unspecified atom stereocenters. The number of nitrogens with zero attached hydrogens (tertiary/aromatic N) is 1. The Hall–Kier alpha value is -0.740. The van der Waals surface area contributed by atoms with Crippen LogP contribution in [0, 0.1) is 0 Å². The molecule has 0 aliphatic heterocycles. The summed E-state index contributed by atoms with van der Waals surface area (Å²) in [6.45, 7) is 0.368.